The molecule has 0 aliphatic carbocycles. The summed E-state index contributed by atoms with van der Waals surface area (Å²) in [6, 6.07) is 9.03. The van der Waals surface area contributed by atoms with Crippen LogP contribution >= 0.6 is 11.6 Å². The van der Waals surface area contributed by atoms with E-state index in [-0.39, 0.29) is 12.7 Å². The Morgan fingerprint density at radius 2 is 1.87 bits per heavy atom. The van der Waals surface area contributed by atoms with Crippen LogP contribution in [0.3, 0.4) is 0 Å². The maximum atomic E-state index is 10.6. The topological polar surface area (TPSA) is 107 Å². The molecule has 1 aromatic heterocycles. The molecule has 2 aliphatic heterocycles. The van der Waals surface area contributed by atoms with E-state index in [9.17, 15) is 5.11 Å². The van der Waals surface area contributed by atoms with Gasteiger partial charge in [-0.2, -0.15) is 0 Å². The highest BCUT2D eigenvalue weighted by Crippen LogP contribution is 2.38. The summed E-state index contributed by atoms with van der Waals surface area (Å²) < 4.78 is 28.7. The van der Waals surface area contributed by atoms with E-state index in [2.05, 4.69) is 20.2 Å². The molecule has 0 unspecified atom stereocenters. The van der Waals surface area contributed by atoms with E-state index in [1.54, 1.807) is 19.2 Å². The van der Waals surface area contributed by atoms with Crippen molar-refractivity contribution in [2.75, 3.05) is 65.1 Å². The zero-order valence-electron chi connectivity index (χ0n) is 21.4. The number of aliphatic hydroxyl groups excluding tert-OH is 1. The molecule has 2 N–H and O–H groups in total. The molecular formula is C27H33ClN4O6. The molecule has 3 heterocycles. The Kier molecular flexibility index (Phi) is 8.98. The Hall–Kier alpha value is -2.89. The van der Waals surface area contributed by atoms with Crippen molar-refractivity contribution in [3.63, 3.8) is 0 Å². The number of benzene rings is 2. The van der Waals surface area contributed by atoms with Crippen LogP contribution in [0.2, 0.25) is 5.02 Å². The molecule has 2 fully saturated rings. The first-order valence-electron chi connectivity index (χ1n) is 12.8. The number of methoxy groups -OCH3 is 1. The summed E-state index contributed by atoms with van der Waals surface area (Å²) in [4.78, 5) is 11.2. The number of anilines is 2. The van der Waals surface area contributed by atoms with Crippen molar-refractivity contribution in [2.24, 2.45) is 0 Å². The fourth-order valence-corrected chi connectivity index (χ4v) is 4.72. The third-order valence-electron chi connectivity index (χ3n) is 6.58. The minimum absolute atomic E-state index is 0.0115. The number of halogens is 1. The van der Waals surface area contributed by atoms with Crippen molar-refractivity contribution in [3.8, 4) is 17.2 Å². The van der Waals surface area contributed by atoms with Gasteiger partial charge >= 0.3 is 0 Å². The van der Waals surface area contributed by atoms with Gasteiger partial charge in [-0.1, -0.05) is 11.6 Å². The number of rotatable bonds is 10. The number of aliphatic hydroxyl groups is 1. The molecule has 3 aromatic rings. The molecule has 2 aromatic carbocycles. The Labute approximate surface area is 226 Å². The molecule has 2 aliphatic rings. The second kappa shape index (κ2) is 12.8. The lowest BCUT2D eigenvalue weighted by Gasteiger charge is -2.28. The number of nitrogens with one attached hydrogen (secondary N) is 1. The van der Waals surface area contributed by atoms with Gasteiger partial charge in [-0.3, -0.25) is 4.90 Å². The normalized spacial score (nSPS) is 17.8. The summed E-state index contributed by atoms with van der Waals surface area (Å²) in [6.07, 6.45) is 2.39. The molecule has 5 rings (SSSR count). The molecule has 0 saturated carbocycles. The fraction of sp³-hybridized carbons (Fsp3) is 0.481. The van der Waals surface area contributed by atoms with Crippen molar-refractivity contribution in [1.29, 1.82) is 0 Å². The van der Waals surface area contributed by atoms with Gasteiger partial charge in [0.2, 0.25) is 0 Å². The highest BCUT2D eigenvalue weighted by atomic mass is 35.5. The number of ether oxygens (including phenoxy) is 5. The van der Waals surface area contributed by atoms with Crippen LogP contribution < -0.4 is 19.5 Å². The zero-order chi connectivity index (χ0) is 26.3. The van der Waals surface area contributed by atoms with Crippen LogP contribution in [0.5, 0.6) is 17.2 Å². The second-order valence-electron chi connectivity index (χ2n) is 9.32. The van der Waals surface area contributed by atoms with Crippen LogP contribution in [-0.2, 0) is 9.47 Å². The van der Waals surface area contributed by atoms with E-state index in [0.29, 0.717) is 77.7 Å². The van der Waals surface area contributed by atoms with Crippen LogP contribution in [0.15, 0.2) is 36.7 Å². The Morgan fingerprint density at radius 1 is 1.08 bits per heavy atom. The van der Waals surface area contributed by atoms with E-state index in [4.69, 9.17) is 35.3 Å². The van der Waals surface area contributed by atoms with E-state index >= 15 is 0 Å². The minimum atomic E-state index is -0.638. The van der Waals surface area contributed by atoms with Gasteiger partial charge in [0.15, 0.2) is 0 Å². The van der Waals surface area contributed by atoms with E-state index in [1.165, 1.54) is 6.33 Å². The number of nitrogens with zero attached hydrogens (tertiary/aromatic N) is 3. The third kappa shape index (κ3) is 6.75. The summed E-state index contributed by atoms with van der Waals surface area (Å²) in [6.45, 7) is 4.95. The summed E-state index contributed by atoms with van der Waals surface area (Å²) in [5, 5.41) is 15.1. The lowest BCUT2D eigenvalue weighted by Crippen LogP contribution is -2.42. The second-order valence-corrected chi connectivity index (χ2v) is 9.72. The van der Waals surface area contributed by atoms with E-state index in [0.717, 1.165) is 25.9 Å². The predicted molar refractivity (Wildman–Crippen MR) is 144 cm³/mol. The van der Waals surface area contributed by atoms with Gasteiger partial charge < -0.3 is 34.1 Å². The quantitative estimate of drug-likeness (QED) is 0.392. The highest BCUT2D eigenvalue weighted by Gasteiger charge is 2.21. The lowest BCUT2D eigenvalue weighted by atomic mass is 10.1. The number of hydrogen-bond donors (Lipinski definition) is 2. The van der Waals surface area contributed by atoms with Gasteiger partial charge in [0.25, 0.3) is 0 Å². The molecule has 204 valence electrons. The standard InChI is InChI=1S/C27H33ClN4O6/c1-34-20-2-3-22(28)23(12-20)31-27-26-24(29-17-30-27)13-21(14-25(26)38-19-4-8-35-9-5-19)37-16-18(33)15-32-6-10-36-11-7-32/h2-3,12-14,17-19,33H,4-11,15-16H2,1H3,(H,29,30,31)/t18-/m0/s1. The number of hydrogen-bond acceptors (Lipinski definition) is 10. The van der Waals surface area contributed by atoms with Gasteiger partial charge in [0.05, 0.1) is 55.2 Å². The van der Waals surface area contributed by atoms with Crippen molar-refractivity contribution in [3.05, 3.63) is 41.7 Å². The van der Waals surface area contributed by atoms with Crippen molar-refractivity contribution in [2.45, 2.75) is 25.0 Å². The summed E-state index contributed by atoms with van der Waals surface area (Å²) in [5.41, 5.74) is 1.29. The molecule has 11 heteroatoms. The minimum Gasteiger partial charge on any atom is -0.497 e. The highest BCUT2D eigenvalue weighted by molar-refractivity contribution is 6.33. The van der Waals surface area contributed by atoms with Gasteiger partial charge in [-0.05, 0) is 12.1 Å². The van der Waals surface area contributed by atoms with Gasteiger partial charge in [0, 0.05) is 50.7 Å². The lowest BCUT2D eigenvalue weighted by molar-refractivity contribution is 0.00455. The van der Waals surface area contributed by atoms with Crippen molar-refractivity contribution in [1.82, 2.24) is 14.9 Å². The Bertz CT molecular complexity index is 1220. The largest absolute Gasteiger partial charge is 0.497 e. The zero-order valence-corrected chi connectivity index (χ0v) is 22.2. The fourth-order valence-electron chi connectivity index (χ4n) is 4.56. The molecule has 0 bridgehead atoms. The first-order chi connectivity index (χ1) is 18.6. The van der Waals surface area contributed by atoms with Gasteiger partial charge in [0.1, 0.15) is 48.2 Å². The molecule has 38 heavy (non-hydrogen) atoms. The van der Waals surface area contributed by atoms with Crippen molar-refractivity contribution < 1.29 is 28.8 Å². The first-order valence-corrected chi connectivity index (χ1v) is 13.2. The summed E-state index contributed by atoms with van der Waals surface area (Å²) in [5.74, 6) is 2.37. The van der Waals surface area contributed by atoms with Crippen LogP contribution in [-0.4, -0.2) is 92.0 Å². The predicted octanol–water partition coefficient (Wildman–Crippen LogP) is 3.67. The average Bonchev–Trinajstić information content (AvgIpc) is 2.94. The molecule has 0 radical (unpaired) electrons. The SMILES string of the molecule is COc1ccc(Cl)c(Nc2ncnc3cc(OC[C@@H](O)CN4CCOCC4)cc(OC4CCOCC4)c23)c1. The van der Waals surface area contributed by atoms with Crippen LogP contribution in [0.1, 0.15) is 12.8 Å². The number of fused-ring (bicyclic) bond motifs is 1. The number of aromatic nitrogens is 2. The summed E-state index contributed by atoms with van der Waals surface area (Å²) >= 11 is 6.45. The number of β-amino-alcohol motifs (C(OH)–C–C–N with tert-alkyl or cyclic N) is 1. The van der Waals surface area contributed by atoms with Crippen LogP contribution in [0, 0.1) is 0 Å². The average molecular weight is 545 g/mol. The monoisotopic (exact) mass is 544 g/mol. The molecule has 0 spiro atoms. The smallest absolute Gasteiger partial charge is 0.145 e. The Balaban J connectivity index is 1.41. The molecule has 1 atom stereocenters. The maximum absolute atomic E-state index is 10.6. The van der Waals surface area contributed by atoms with E-state index in [1.807, 2.05) is 18.2 Å². The molecule has 2 saturated heterocycles. The van der Waals surface area contributed by atoms with Crippen LogP contribution in [0.4, 0.5) is 11.5 Å². The first kappa shape index (κ1) is 26.7. The molecular weight excluding hydrogens is 512 g/mol. The third-order valence-corrected chi connectivity index (χ3v) is 6.91. The van der Waals surface area contributed by atoms with Gasteiger partial charge in [-0.15, -0.1) is 0 Å². The molecule has 0 amide bonds. The van der Waals surface area contributed by atoms with Crippen molar-refractivity contribution >= 4 is 34.0 Å². The maximum Gasteiger partial charge on any atom is 0.145 e. The summed E-state index contributed by atoms with van der Waals surface area (Å²) in [7, 11) is 1.60. The number of morpholine rings is 1. The van der Waals surface area contributed by atoms with Gasteiger partial charge in [-0.25, -0.2) is 9.97 Å². The molecule has 10 nitrogen and oxygen atoms in total. The van der Waals surface area contributed by atoms with E-state index < -0.39 is 6.10 Å². The van der Waals surface area contributed by atoms with Crippen LogP contribution in [0.25, 0.3) is 10.9 Å². The Morgan fingerprint density at radius 3 is 2.66 bits per heavy atom.